The average molecular weight is 546 g/mol. The predicted molar refractivity (Wildman–Crippen MR) is 127 cm³/mol. The Morgan fingerprint density at radius 1 is 1.14 bits per heavy atom. The Hall–Kier alpha value is -2.92. The zero-order valence-corrected chi connectivity index (χ0v) is 20.7. The van der Waals surface area contributed by atoms with Crippen LogP contribution in [0.3, 0.4) is 0 Å². The molecule has 0 aliphatic heterocycles. The van der Waals surface area contributed by atoms with E-state index in [9.17, 15) is 32.3 Å². The molecule has 37 heavy (non-hydrogen) atoms. The van der Waals surface area contributed by atoms with Crippen LogP contribution in [0.2, 0.25) is 5.02 Å². The molecule has 1 saturated carbocycles. The highest BCUT2D eigenvalue weighted by Crippen LogP contribution is 2.33. The van der Waals surface area contributed by atoms with Crippen LogP contribution in [-0.2, 0) is 22.3 Å². The number of carbonyl (C=O) groups is 2. The van der Waals surface area contributed by atoms with Crippen molar-refractivity contribution in [3.8, 4) is 5.75 Å². The Kier molecular flexibility index (Phi) is 9.72. The SMILES string of the molecule is O=C(CC(O)CC1(NC(=O)COc2ccc(Cl)c(F)c2)CCCCC1)NCc1cc(C(F)(F)F)ccn1. The monoisotopic (exact) mass is 545 g/mol. The van der Waals surface area contributed by atoms with Crippen molar-refractivity contribution in [1.82, 2.24) is 15.6 Å². The molecule has 7 nitrogen and oxygen atoms in total. The van der Waals surface area contributed by atoms with Crippen LogP contribution in [0.5, 0.6) is 5.75 Å². The minimum atomic E-state index is -4.52. The van der Waals surface area contributed by atoms with Crippen molar-refractivity contribution in [2.45, 2.75) is 69.3 Å². The molecule has 12 heteroatoms. The van der Waals surface area contributed by atoms with Crippen LogP contribution in [-0.4, -0.2) is 40.2 Å². The number of rotatable bonds is 10. The van der Waals surface area contributed by atoms with E-state index < -0.39 is 41.0 Å². The number of aliphatic hydroxyl groups excluding tert-OH is 1. The summed E-state index contributed by atoms with van der Waals surface area (Å²) in [7, 11) is 0. The Balaban J connectivity index is 1.52. The molecule has 1 aromatic carbocycles. The van der Waals surface area contributed by atoms with Gasteiger partial charge < -0.3 is 20.5 Å². The number of ether oxygens (including phenoxy) is 1. The molecule has 1 aromatic heterocycles. The number of aliphatic hydroxyl groups is 1. The number of pyridine rings is 1. The van der Waals surface area contributed by atoms with Crippen LogP contribution in [0.4, 0.5) is 17.6 Å². The summed E-state index contributed by atoms with van der Waals surface area (Å²) in [6.07, 6.45) is -0.969. The van der Waals surface area contributed by atoms with Gasteiger partial charge in [-0.05, 0) is 43.5 Å². The number of hydrogen-bond acceptors (Lipinski definition) is 5. The van der Waals surface area contributed by atoms with Crippen LogP contribution >= 0.6 is 11.6 Å². The first-order valence-electron chi connectivity index (χ1n) is 11.8. The van der Waals surface area contributed by atoms with E-state index in [1.165, 1.54) is 12.1 Å². The van der Waals surface area contributed by atoms with Gasteiger partial charge in [0.1, 0.15) is 11.6 Å². The third-order valence-corrected chi connectivity index (χ3v) is 6.44. The highest BCUT2D eigenvalue weighted by Gasteiger charge is 2.36. The molecule has 1 fully saturated rings. The molecule has 0 saturated heterocycles. The maximum atomic E-state index is 13.6. The molecule has 1 heterocycles. The van der Waals surface area contributed by atoms with Crippen LogP contribution in [0.25, 0.3) is 0 Å². The minimum absolute atomic E-state index is 0.0363. The van der Waals surface area contributed by atoms with E-state index in [-0.39, 0.29) is 42.5 Å². The van der Waals surface area contributed by atoms with E-state index in [4.69, 9.17) is 16.3 Å². The molecular formula is C25H28ClF4N3O4. The van der Waals surface area contributed by atoms with Gasteiger partial charge >= 0.3 is 6.18 Å². The lowest BCUT2D eigenvalue weighted by molar-refractivity contribution is -0.137. The first-order valence-corrected chi connectivity index (χ1v) is 12.2. The van der Waals surface area contributed by atoms with Crippen LogP contribution in [0.15, 0.2) is 36.5 Å². The smallest absolute Gasteiger partial charge is 0.416 e. The molecule has 0 bridgehead atoms. The second-order valence-corrected chi connectivity index (χ2v) is 9.53. The maximum absolute atomic E-state index is 13.6. The van der Waals surface area contributed by atoms with Crippen molar-refractivity contribution >= 4 is 23.4 Å². The van der Waals surface area contributed by atoms with Gasteiger partial charge in [0.05, 0.1) is 35.3 Å². The van der Waals surface area contributed by atoms with E-state index in [1.54, 1.807) is 0 Å². The number of halogens is 5. The highest BCUT2D eigenvalue weighted by molar-refractivity contribution is 6.30. The summed E-state index contributed by atoms with van der Waals surface area (Å²) in [5, 5.41) is 15.9. The summed E-state index contributed by atoms with van der Waals surface area (Å²) in [6.45, 7) is -0.594. The molecule has 1 aliphatic rings. The summed E-state index contributed by atoms with van der Waals surface area (Å²) in [5.41, 5.74) is -1.58. The second-order valence-electron chi connectivity index (χ2n) is 9.13. The van der Waals surface area contributed by atoms with E-state index in [0.717, 1.165) is 43.7 Å². The van der Waals surface area contributed by atoms with Crippen molar-refractivity contribution < 1.29 is 37.0 Å². The van der Waals surface area contributed by atoms with Crippen molar-refractivity contribution in [2.75, 3.05) is 6.61 Å². The molecule has 1 unspecified atom stereocenters. The summed E-state index contributed by atoms with van der Waals surface area (Å²) in [5.74, 6) is -1.54. The number of benzene rings is 1. The molecule has 3 N–H and O–H groups in total. The predicted octanol–water partition coefficient (Wildman–Crippen LogP) is 4.55. The largest absolute Gasteiger partial charge is 0.484 e. The number of alkyl halides is 3. The van der Waals surface area contributed by atoms with Crippen LogP contribution < -0.4 is 15.4 Å². The molecule has 202 valence electrons. The van der Waals surface area contributed by atoms with Crippen molar-refractivity contribution in [3.63, 3.8) is 0 Å². The molecule has 2 aromatic rings. The number of nitrogens with zero attached hydrogens (tertiary/aromatic N) is 1. The van der Waals surface area contributed by atoms with Crippen LogP contribution in [0.1, 0.15) is 56.2 Å². The van der Waals surface area contributed by atoms with Crippen molar-refractivity contribution in [3.05, 3.63) is 58.6 Å². The van der Waals surface area contributed by atoms with Gasteiger partial charge in [-0.25, -0.2) is 4.39 Å². The third kappa shape index (κ3) is 8.85. The Labute approximate surface area is 216 Å². The summed E-state index contributed by atoms with van der Waals surface area (Å²) in [4.78, 5) is 28.7. The normalized spacial score (nSPS) is 16.1. The number of nitrogens with one attached hydrogen (secondary N) is 2. The number of hydrogen-bond donors (Lipinski definition) is 3. The van der Waals surface area contributed by atoms with Crippen LogP contribution in [0, 0.1) is 5.82 Å². The maximum Gasteiger partial charge on any atom is 0.416 e. The summed E-state index contributed by atoms with van der Waals surface area (Å²) in [6, 6.07) is 5.52. The molecule has 0 radical (unpaired) electrons. The molecule has 1 aliphatic carbocycles. The van der Waals surface area contributed by atoms with Gasteiger partial charge in [-0.1, -0.05) is 30.9 Å². The standard InChI is InChI=1S/C25H28ClF4N3O4/c26-20-5-4-19(12-21(20)27)37-15-23(36)33-24(7-2-1-3-8-24)13-18(34)11-22(35)32-14-17-10-16(6-9-31-17)25(28,29)30/h4-6,9-10,12,18,34H,1-3,7-8,11,13-15H2,(H,32,35)(H,33,36). The van der Waals surface area contributed by atoms with Gasteiger partial charge in [0.15, 0.2) is 6.61 Å². The van der Waals surface area contributed by atoms with E-state index in [0.29, 0.717) is 12.8 Å². The fourth-order valence-electron chi connectivity index (χ4n) is 4.41. The first kappa shape index (κ1) is 28.6. The van der Waals surface area contributed by atoms with Crippen molar-refractivity contribution in [1.29, 1.82) is 0 Å². The summed E-state index contributed by atoms with van der Waals surface area (Å²) >= 11 is 5.64. The lowest BCUT2D eigenvalue weighted by atomic mass is 9.77. The molecule has 2 amide bonds. The fourth-order valence-corrected chi connectivity index (χ4v) is 4.52. The van der Waals surface area contributed by atoms with Gasteiger partial charge in [0, 0.05) is 17.8 Å². The topological polar surface area (TPSA) is 101 Å². The second kappa shape index (κ2) is 12.6. The van der Waals surface area contributed by atoms with Gasteiger partial charge in [-0.3, -0.25) is 14.6 Å². The quantitative estimate of drug-likeness (QED) is 0.380. The number of amides is 2. The zero-order valence-electron chi connectivity index (χ0n) is 19.9. The minimum Gasteiger partial charge on any atom is -0.484 e. The molecule has 3 rings (SSSR count). The van der Waals surface area contributed by atoms with Gasteiger partial charge in [0.25, 0.3) is 5.91 Å². The van der Waals surface area contributed by atoms with Gasteiger partial charge in [0.2, 0.25) is 5.91 Å². The Morgan fingerprint density at radius 2 is 1.86 bits per heavy atom. The van der Waals surface area contributed by atoms with Gasteiger partial charge in [-0.2, -0.15) is 13.2 Å². The first-order chi connectivity index (χ1) is 17.5. The lowest BCUT2D eigenvalue weighted by Crippen LogP contribution is -2.53. The third-order valence-electron chi connectivity index (χ3n) is 6.13. The average Bonchev–Trinajstić information content (AvgIpc) is 2.83. The zero-order chi connectivity index (χ0) is 27.1. The fraction of sp³-hybridized carbons (Fsp3) is 0.480. The van der Waals surface area contributed by atoms with E-state index in [1.807, 2.05) is 0 Å². The lowest BCUT2D eigenvalue weighted by Gasteiger charge is -2.39. The molecule has 1 atom stereocenters. The summed E-state index contributed by atoms with van der Waals surface area (Å²) < 4.78 is 57.5. The van der Waals surface area contributed by atoms with Crippen molar-refractivity contribution in [2.24, 2.45) is 0 Å². The number of aromatic nitrogens is 1. The Morgan fingerprint density at radius 3 is 2.54 bits per heavy atom. The van der Waals surface area contributed by atoms with E-state index >= 15 is 0 Å². The molecular weight excluding hydrogens is 518 g/mol. The van der Waals surface area contributed by atoms with Gasteiger partial charge in [-0.15, -0.1) is 0 Å². The highest BCUT2D eigenvalue weighted by atomic mass is 35.5. The number of carbonyl (C=O) groups excluding carboxylic acids is 2. The van der Waals surface area contributed by atoms with E-state index in [2.05, 4.69) is 15.6 Å². The Bertz CT molecular complexity index is 1090. The molecule has 0 spiro atoms.